The fourth-order valence-electron chi connectivity index (χ4n) is 1.21. The van der Waals surface area contributed by atoms with Crippen molar-refractivity contribution in [2.75, 3.05) is 0 Å². The Morgan fingerprint density at radius 2 is 1.17 bits per heavy atom. The van der Waals surface area contributed by atoms with Crippen molar-refractivity contribution in [3.05, 3.63) is 5.56 Å². The van der Waals surface area contributed by atoms with Crippen LogP contribution in [-0.4, -0.2) is 37.1 Å². The van der Waals surface area contributed by atoms with E-state index in [0.717, 1.165) is 0 Å². The molecule has 0 bridgehead atoms. The lowest BCUT2D eigenvalue weighted by atomic mass is 10.1. The van der Waals surface area contributed by atoms with Crippen LogP contribution in [-0.2, 0) is 4.74 Å². The summed E-state index contributed by atoms with van der Waals surface area (Å²) in [4.78, 5) is 11.7. The number of carbonyl (C=O) groups excluding carboxylic acids is 1. The molecule has 0 atom stereocenters. The molecule has 5 N–H and O–H groups in total. The number of rotatable bonds is 1. The lowest BCUT2D eigenvalue weighted by Crippen LogP contribution is -2.24. The average Bonchev–Trinajstić information content (AvgIpc) is 2.21. The molecule has 0 spiro atoms. The third kappa shape index (κ3) is 2.34. The summed E-state index contributed by atoms with van der Waals surface area (Å²) in [5.41, 5.74) is -1.73. The second-order valence-electron chi connectivity index (χ2n) is 4.62. The van der Waals surface area contributed by atoms with E-state index in [2.05, 4.69) is 0 Å². The Bertz CT molecular complexity index is 470. The van der Waals surface area contributed by atoms with Crippen molar-refractivity contribution in [3.8, 4) is 28.7 Å². The number of carbonyl (C=O) groups is 1. The van der Waals surface area contributed by atoms with Gasteiger partial charge in [0, 0.05) is 0 Å². The van der Waals surface area contributed by atoms with E-state index in [1.807, 2.05) is 0 Å². The smallest absolute Gasteiger partial charge is 0.346 e. The number of aromatic hydroxyl groups is 5. The summed E-state index contributed by atoms with van der Waals surface area (Å²) in [6.45, 7) is 4.66. The molecule has 1 rings (SSSR count). The molecule has 0 radical (unpaired) electrons. The van der Waals surface area contributed by atoms with E-state index in [1.165, 1.54) is 0 Å². The quantitative estimate of drug-likeness (QED) is 0.290. The van der Waals surface area contributed by atoms with E-state index >= 15 is 0 Å². The lowest BCUT2D eigenvalue weighted by molar-refractivity contribution is 0.00625. The molecule has 18 heavy (non-hydrogen) atoms. The molecule has 0 unspecified atom stereocenters. The minimum absolute atomic E-state index is 0.822. The Hall–Kier alpha value is -2.31. The van der Waals surface area contributed by atoms with Gasteiger partial charge in [-0.1, -0.05) is 0 Å². The van der Waals surface area contributed by atoms with Gasteiger partial charge >= 0.3 is 5.97 Å². The van der Waals surface area contributed by atoms with E-state index in [1.54, 1.807) is 20.8 Å². The van der Waals surface area contributed by atoms with Crippen molar-refractivity contribution < 1.29 is 35.1 Å². The Kier molecular flexibility index (Phi) is 3.19. The molecule has 7 nitrogen and oxygen atoms in total. The van der Waals surface area contributed by atoms with Crippen LogP contribution in [0.25, 0.3) is 0 Å². The van der Waals surface area contributed by atoms with Crippen LogP contribution >= 0.6 is 0 Å². The van der Waals surface area contributed by atoms with Gasteiger partial charge in [0.05, 0.1) is 0 Å². The molecule has 0 aliphatic rings. The minimum Gasteiger partial charge on any atom is -0.503 e. The molecule has 0 amide bonds. The maximum Gasteiger partial charge on any atom is 0.346 e. The van der Waals surface area contributed by atoms with Gasteiger partial charge in [-0.2, -0.15) is 0 Å². The molecule has 0 aliphatic heterocycles. The first-order chi connectivity index (χ1) is 8.06. The zero-order valence-corrected chi connectivity index (χ0v) is 10.1. The van der Waals surface area contributed by atoms with Crippen LogP contribution in [0.3, 0.4) is 0 Å². The number of phenols is 5. The number of esters is 1. The van der Waals surface area contributed by atoms with Gasteiger partial charge in [0.15, 0.2) is 17.1 Å². The van der Waals surface area contributed by atoms with Gasteiger partial charge < -0.3 is 30.3 Å². The monoisotopic (exact) mass is 258 g/mol. The molecule has 1 aromatic carbocycles. The van der Waals surface area contributed by atoms with Crippen LogP contribution in [0.4, 0.5) is 0 Å². The van der Waals surface area contributed by atoms with E-state index in [0.29, 0.717) is 0 Å². The van der Waals surface area contributed by atoms with Gasteiger partial charge in [-0.25, -0.2) is 4.79 Å². The Morgan fingerprint density at radius 1 is 0.833 bits per heavy atom. The van der Waals surface area contributed by atoms with E-state index in [-0.39, 0.29) is 0 Å². The Morgan fingerprint density at radius 3 is 1.50 bits per heavy atom. The van der Waals surface area contributed by atoms with Crippen molar-refractivity contribution >= 4 is 5.97 Å². The van der Waals surface area contributed by atoms with Crippen molar-refractivity contribution in [2.24, 2.45) is 0 Å². The van der Waals surface area contributed by atoms with E-state index in [4.69, 9.17) is 9.84 Å². The largest absolute Gasteiger partial charge is 0.503 e. The van der Waals surface area contributed by atoms with Crippen LogP contribution in [0.1, 0.15) is 31.1 Å². The van der Waals surface area contributed by atoms with Gasteiger partial charge in [-0.15, -0.1) is 0 Å². The summed E-state index contributed by atoms with van der Waals surface area (Å²) in [5, 5.41) is 46.6. The van der Waals surface area contributed by atoms with Crippen molar-refractivity contribution in [2.45, 2.75) is 26.4 Å². The van der Waals surface area contributed by atoms with E-state index in [9.17, 15) is 25.2 Å². The molecule has 100 valence electrons. The molecule has 0 heterocycles. The van der Waals surface area contributed by atoms with Crippen molar-refractivity contribution in [1.82, 2.24) is 0 Å². The highest BCUT2D eigenvalue weighted by Gasteiger charge is 2.30. The highest BCUT2D eigenvalue weighted by molar-refractivity contribution is 5.98. The number of benzene rings is 1. The fraction of sp³-hybridized carbons (Fsp3) is 0.364. The zero-order valence-electron chi connectivity index (χ0n) is 10.1. The lowest BCUT2D eigenvalue weighted by Gasteiger charge is -2.20. The van der Waals surface area contributed by atoms with Crippen LogP contribution < -0.4 is 0 Å². The summed E-state index contributed by atoms with van der Waals surface area (Å²) < 4.78 is 4.87. The highest BCUT2D eigenvalue weighted by atomic mass is 16.6. The second-order valence-corrected chi connectivity index (χ2v) is 4.62. The number of phenolic OH excluding ortho intramolecular Hbond substituents is 5. The minimum atomic E-state index is -1.15. The highest BCUT2D eigenvalue weighted by Crippen LogP contribution is 2.50. The first-order valence-corrected chi connectivity index (χ1v) is 4.98. The van der Waals surface area contributed by atoms with Gasteiger partial charge in [0.1, 0.15) is 5.60 Å². The topological polar surface area (TPSA) is 127 Å². The average molecular weight is 258 g/mol. The number of ether oxygens (including phenoxy) is 1. The Balaban J connectivity index is 3.38. The standard InChI is InChI=1S/C11H14O7/c1-11(2,3)18-10(17)4-5(12)7(14)9(16)8(15)6(4)13/h12-16H,1-3H3. The molecule has 0 fully saturated rings. The van der Waals surface area contributed by atoms with Crippen LogP contribution in [0.2, 0.25) is 0 Å². The summed E-state index contributed by atoms with van der Waals surface area (Å²) >= 11 is 0. The van der Waals surface area contributed by atoms with Crippen LogP contribution in [0.5, 0.6) is 28.7 Å². The Labute approximate surface area is 103 Å². The predicted molar refractivity (Wildman–Crippen MR) is 59.9 cm³/mol. The normalized spacial score (nSPS) is 11.3. The maximum atomic E-state index is 11.7. The van der Waals surface area contributed by atoms with Crippen molar-refractivity contribution in [3.63, 3.8) is 0 Å². The summed E-state index contributed by atoms with van der Waals surface area (Å²) in [5.74, 6) is -6.66. The molecule has 0 aromatic heterocycles. The SMILES string of the molecule is CC(C)(C)OC(=O)c1c(O)c(O)c(O)c(O)c1O. The fourth-order valence-corrected chi connectivity index (χ4v) is 1.21. The molecular weight excluding hydrogens is 244 g/mol. The predicted octanol–water partition coefficient (Wildman–Crippen LogP) is 1.17. The van der Waals surface area contributed by atoms with Gasteiger partial charge in [0.2, 0.25) is 17.2 Å². The molecule has 7 heteroatoms. The molecule has 0 saturated heterocycles. The van der Waals surface area contributed by atoms with Gasteiger partial charge in [-0.05, 0) is 20.8 Å². The van der Waals surface area contributed by atoms with Gasteiger partial charge in [0.25, 0.3) is 0 Å². The van der Waals surface area contributed by atoms with E-state index < -0.39 is 45.9 Å². The third-order valence-electron chi connectivity index (χ3n) is 1.97. The zero-order chi connectivity index (χ0) is 14.2. The molecule has 0 aliphatic carbocycles. The van der Waals surface area contributed by atoms with Crippen LogP contribution in [0, 0.1) is 0 Å². The first-order valence-electron chi connectivity index (χ1n) is 4.98. The summed E-state index contributed by atoms with van der Waals surface area (Å²) in [6, 6.07) is 0. The first kappa shape index (κ1) is 13.8. The second kappa shape index (κ2) is 4.17. The summed E-state index contributed by atoms with van der Waals surface area (Å²) in [6.07, 6.45) is 0. The number of hydrogen-bond acceptors (Lipinski definition) is 7. The van der Waals surface area contributed by atoms with Crippen molar-refractivity contribution in [1.29, 1.82) is 0 Å². The van der Waals surface area contributed by atoms with Crippen LogP contribution in [0.15, 0.2) is 0 Å². The molecule has 0 saturated carbocycles. The number of hydrogen-bond donors (Lipinski definition) is 5. The molecule has 1 aromatic rings. The van der Waals surface area contributed by atoms with Gasteiger partial charge in [-0.3, -0.25) is 0 Å². The third-order valence-corrected chi connectivity index (χ3v) is 1.97. The maximum absolute atomic E-state index is 11.7. The molecular formula is C11H14O7. The summed E-state index contributed by atoms with van der Waals surface area (Å²) in [7, 11) is 0.